The highest BCUT2D eigenvalue weighted by Crippen LogP contribution is 2.18. The summed E-state index contributed by atoms with van der Waals surface area (Å²) in [6.07, 6.45) is 3.09. The first-order valence-corrected chi connectivity index (χ1v) is 8.20. The molecule has 0 aromatic carbocycles. The van der Waals surface area contributed by atoms with Crippen LogP contribution in [0.3, 0.4) is 0 Å². The smallest absolute Gasteiger partial charge is 0.330 e. The van der Waals surface area contributed by atoms with Crippen LogP contribution >= 0.6 is 0 Å². The van der Waals surface area contributed by atoms with Crippen LogP contribution in [-0.4, -0.2) is 19.1 Å². The van der Waals surface area contributed by atoms with Gasteiger partial charge in [0.25, 0.3) is 0 Å². The highest BCUT2D eigenvalue weighted by molar-refractivity contribution is 6.77. The van der Waals surface area contributed by atoms with Gasteiger partial charge in [0.1, 0.15) is 0 Å². The Morgan fingerprint density at radius 3 is 2.38 bits per heavy atom. The fourth-order valence-corrected chi connectivity index (χ4v) is 3.71. The van der Waals surface area contributed by atoms with E-state index in [0.717, 1.165) is 6.04 Å². The zero-order valence-electron chi connectivity index (χ0n) is 9.05. The molecule has 0 aliphatic rings. The van der Waals surface area contributed by atoms with E-state index >= 15 is 0 Å². The Hall–Kier alpha value is -0.573. The summed E-state index contributed by atoms with van der Waals surface area (Å²) in [5, 5.41) is 8.66. The second-order valence-corrected chi connectivity index (χ2v) is 9.55. The van der Waals surface area contributed by atoms with Gasteiger partial charge in [0.05, 0.1) is 8.07 Å². The van der Waals surface area contributed by atoms with Crippen molar-refractivity contribution in [3.8, 4) is 0 Å². The van der Waals surface area contributed by atoms with E-state index in [2.05, 4.69) is 20.0 Å². The first-order valence-electron chi connectivity index (χ1n) is 4.79. The third-order valence-electron chi connectivity index (χ3n) is 2.22. The van der Waals surface area contributed by atoms with Crippen molar-refractivity contribution < 1.29 is 9.90 Å². The van der Waals surface area contributed by atoms with Gasteiger partial charge in [-0.05, 0) is 13.0 Å². The number of hydrogen-bond acceptors (Lipinski definition) is 1. The third kappa shape index (κ3) is 5.63. The summed E-state index contributed by atoms with van der Waals surface area (Å²) in [6, 6.07) is 2.26. The molecule has 0 atom stereocenters. The van der Waals surface area contributed by atoms with Gasteiger partial charge in [0, 0.05) is 5.57 Å². The molecule has 0 unspecified atom stereocenters. The molecule has 3 heteroatoms. The van der Waals surface area contributed by atoms with Crippen molar-refractivity contribution in [2.45, 2.75) is 45.5 Å². The maximum absolute atomic E-state index is 10.5. The van der Waals surface area contributed by atoms with Gasteiger partial charge in [-0.15, -0.1) is 0 Å². The predicted molar refractivity (Wildman–Crippen MR) is 58.8 cm³/mol. The zero-order chi connectivity index (χ0) is 10.5. The lowest BCUT2D eigenvalue weighted by atomic mass is 10.3. The molecule has 0 bridgehead atoms. The lowest BCUT2D eigenvalue weighted by Gasteiger charge is -2.19. The molecule has 0 aliphatic carbocycles. The molecule has 0 aromatic rings. The molecule has 0 saturated carbocycles. The molecule has 2 nitrogen and oxygen atoms in total. The average Bonchev–Trinajstić information content (AvgIpc) is 2.00. The molecule has 0 aliphatic heterocycles. The van der Waals surface area contributed by atoms with Crippen LogP contribution in [0.15, 0.2) is 11.6 Å². The molecule has 0 heterocycles. The van der Waals surface area contributed by atoms with Crippen molar-refractivity contribution in [1.29, 1.82) is 0 Å². The molecule has 0 fully saturated rings. The number of carbonyl (C=O) groups is 1. The van der Waals surface area contributed by atoms with E-state index in [1.54, 1.807) is 6.92 Å². The van der Waals surface area contributed by atoms with Gasteiger partial charge in [-0.1, -0.05) is 38.6 Å². The molecule has 0 aromatic heterocycles. The standard InChI is InChI=1S/C10H20O2Si/c1-5-7-13(3,4)8-6-9(2)10(11)12/h6H,5,7-8H2,1-4H3,(H,11,12). The molecule has 76 valence electrons. The fourth-order valence-electron chi connectivity index (χ4n) is 1.30. The van der Waals surface area contributed by atoms with Gasteiger partial charge in [0.15, 0.2) is 0 Å². The molecule has 0 saturated heterocycles. The van der Waals surface area contributed by atoms with Gasteiger partial charge in [0.2, 0.25) is 0 Å². The van der Waals surface area contributed by atoms with Crippen LogP contribution in [0.5, 0.6) is 0 Å². The summed E-state index contributed by atoms with van der Waals surface area (Å²) in [5.74, 6) is -0.790. The van der Waals surface area contributed by atoms with E-state index in [9.17, 15) is 4.79 Å². The highest BCUT2D eigenvalue weighted by atomic mass is 28.3. The predicted octanol–water partition coefficient (Wildman–Crippen LogP) is 3.14. The number of rotatable bonds is 5. The van der Waals surface area contributed by atoms with Crippen LogP contribution in [-0.2, 0) is 4.79 Å². The van der Waals surface area contributed by atoms with Gasteiger partial charge >= 0.3 is 5.97 Å². The molecule has 0 radical (unpaired) electrons. The molecular weight excluding hydrogens is 180 g/mol. The first kappa shape index (κ1) is 12.4. The summed E-state index contributed by atoms with van der Waals surface area (Å²) in [6.45, 7) is 8.46. The van der Waals surface area contributed by atoms with Gasteiger partial charge in [-0.3, -0.25) is 0 Å². The topological polar surface area (TPSA) is 37.3 Å². The lowest BCUT2D eigenvalue weighted by molar-refractivity contribution is -0.132. The van der Waals surface area contributed by atoms with E-state index in [0.29, 0.717) is 5.57 Å². The average molecular weight is 200 g/mol. The number of hydrogen-bond donors (Lipinski definition) is 1. The second kappa shape index (κ2) is 5.22. The van der Waals surface area contributed by atoms with Gasteiger partial charge in [-0.25, -0.2) is 4.79 Å². The number of allylic oxidation sites excluding steroid dienone is 1. The molecule has 0 spiro atoms. The van der Waals surface area contributed by atoms with Crippen molar-refractivity contribution in [2.24, 2.45) is 0 Å². The minimum absolute atomic E-state index is 0.483. The summed E-state index contributed by atoms with van der Waals surface area (Å²) in [5.41, 5.74) is 0.483. The fraction of sp³-hybridized carbons (Fsp3) is 0.700. The van der Waals surface area contributed by atoms with Crippen LogP contribution in [0.4, 0.5) is 0 Å². The number of carboxylic acids is 1. The Morgan fingerprint density at radius 1 is 1.46 bits per heavy atom. The quantitative estimate of drug-likeness (QED) is 0.547. The van der Waals surface area contributed by atoms with Crippen LogP contribution < -0.4 is 0 Å². The zero-order valence-corrected chi connectivity index (χ0v) is 10.1. The summed E-state index contributed by atoms with van der Waals surface area (Å²) in [7, 11) is -1.15. The van der Waals surface area contributed by atoms with Crippen LogP contribution in [0, 0.1) is 0 Å². The Labute approximate surface area is 81.7 Å². The summed E-state index contributed by atoms with van der Waals surface area (Å²) < 4.78 is 0. The van der Waals surface area contributed by atoms with E-state index in [4.69, 9.17) is 5.11 Å². The normalized spacial score (nSPS) is 13.1. The molecular formula is C10H20O2Si. The van der Waals surface area contributed by atoms with Crippen molar-refractivity contribution in [1.82, 2.24) is 0 Å². The Bertz CT molecular complexity index is 207. The number of aliphatic carboxylic acids is 1. The lowest BCUT2D eigenvalue weighted by Crippen LogP contribution is -2.23. The van der Waals surface area contributed by atoms with E-state index in [-0.39, 0.29) is 0 Å². The molecule has 13 heavy (non-hydrogen) atoms. The largest absolute Gasteiger partial charge is 0.478 e. The Kier molecular flexibility index (Phi) is 4.99. The Balaban J connectivity index is 4.13. The Morgan fingerprint density at radius 2 is 2.00 bits per heavy atom. The highest BCUT2D eigenvalue weighted by Gasteiger charge is 2.17. The second-order valence-electron chi connectivity index (χ2n) is 4.31. The minimum atomic E-state index is -1.15. The molecule has 0 amide bonds. The van der Waals surface area contributed by atoms with Gasteiger partial charge in [-0.2, -0.15) is 0 Å². The van der Waals surface area contributed by atoms with Gasteiger partial charge < -0.3 is 5.11 Å². The van der Waals surface area contributed by atoms with Crippen molar-refractivity contribution >= 4 is 14.0 Å². The SMILES string of the molecule is CCC[Si](C)(C)CC=C(C)C(=O)O. The van der Waals surface area contributed by atoms with E-state index in [1.165, 1.54) is 12.5 Å². The number of carboxylic acid groups (broad SMARTS) is 1. The first-order chi connectivity index (χ1) is 5.89. The van der Waals surface area contributed by atoms with Crippen molar-refractivity contribution in [3.05, 3.63) is 11.6 Å². The van der Waals surface area contributed by atoms with Crippen LogP contribution in [0.1, 0.15) is 20.3 Å². The third-order valence-corrected chi connectivity index (χ3v) is 5.39. The van der Waals surface area contributed by atoms with Crippen molar-refractivity contribution in [2.75, 3.05) is 0 Å². The van der Waals surface area contributed by atoms with Crippen LogP contribution in [0.2, 0.25) is 25.2 Å². The molecule has 0 rings (SSSR count). The minimum Gasteiger partial charge on any atom is -0.478 e. The van der Waals surface area contributed by atoms with E-state index in [1.807, 2.05) is 6.08 Å². The summed E-state index contributed by atoms with van der Waals surface area (Å²) >= 11 is 0. The van der Waals surface area contributed by atoms with E-state index < -0.39 is 14.0 Å². The maximum atomic E-state index is 10.5. The maximum Gasteiger partial charge on any atom is 0.330 e. The summed E-state index contributed by atoms with van der Waals surface area (Å²) in [4.78, 5) is 10.5. The monoisotopic (exact) mass is 200 g/mol. The van der Waals surface area contributed by atoms with Crippen molar-refractivity contribution in [3.63, 3.8) is 0 Å². The van der Waals surface area contributed by atoms with Crippen LogP contribution in [0.25, 0.3) is 0 Å². The molecule has 1 N–H and O–H groups in total.